The molecule has 2 aliphatic heterocycles. The highest BCUT2D eigenvalue weighted by Crippen LogP contribution is 2.19. The van der Waals surface area contributed by atoms with E-state index in [4.69, 9.17) is 4.74 Å². The molecule has 1 aromatic rings. The largest absolute Gasteiger partial charge is 0.390 e. The van der Waals surface area contributed by atoms with Crippen molar-refractivity contribution in [2.24, 2.45) is 0 Å². The molecule has 2 aliphatic rings. The Morgan fingerprint density at radius 1 is 1.32 bits per heavy atom. The molecular weight excluding hydrogens is 280 g/mol. The number of rotatable bonds is 6. The van der Waals surface area contributed by atoms with E-state index < -0.39 is 0 Å². The van der Waals surface area contributed by atoms with Gasteiger partial charge in [0.15, 0.2) is 0 Å². The van der Waals surface area contributed by atoms with Gasteiger partial charge < -0.3 is 9.84 Å². The molecule has 124 valence electrons. The van der Waals surface area contributed by atoms with Gasteiger partial charge in [0.25, 0.3) is 0 Å². The van der Waals surface area contributed by atoms with Crippen LogP contribution < -0.4 is 0 Å². The lowest BCUT2D eigenvalue weighted by molar-refractivity contribution is 0.00531. The van der Waals surface area contributed by atoms with Crippen LogP contribution in [0.2, 0.25) is 0 Å². The van der Waals surface area contributed by atoms with Crippen molar-refractivity contribution in [1.29, 1.82) is 0 Å². The maximum absolute atomic E-state index is 10.4. The van der Waals surface area contributed by atoms with E-state index in [-0.39, 0.29) is 6.10 Å². The molecule has 0 aliphatic carbocycles. The molecule has 0 radical (unpaired) electrons. The summed E-state index contributed by atoms with van der Waals surface area (Å²) in [6.45, 7) is 9.07. The average molecular weight is 308 g/mol. The third-order valence-corrected chi connectivity index (χ3v) is 4.68. The van der Waals surface area contributed by atoms with Crippen molar-refractivity contribution in [2.45, 2.75) is 38.5 Å². The van der Waals surface area contributed by atoms with E-state index in [0.717, 1.165) is 52.5 Å². The Balaban J connectivity index is 1.47. The number of aromatic nitrogens is 2. The number of morpholine rings is 1. The minimum absolute atomic E-state index is 0.280. The number of nitrogens with zero attached hydrogens (tertiary/aromatic N) is 4. The summed E-state index contributed by atoms with van der Waals surface area (Å²) in [7, 11) is 0. The maximum atomic E-state index is 10.4. The molecular formula is C16H28N4O2. The van der Waals surface area contributed by atoms with Crippen LogP contribution in [0.15, 0.2) is 12.4 Å². The van der Waals surface area contributed by atoms with E-state index in [1.807, 2.05) is 10.9 Å². The first-order chi connectivity index (χ1) is 10.7. The fourth-order valence-electron chi connectivity index (χ4n) is 3.54. The average Bonchev–Trinajstić information content (AvgIpc) is 3.10. The summed E-state index contributed by atoms with van der Waals surface area (Å²) >= 11 is 0. The Kier molecular flexibility index (Phi) is 5.46. The summed E-state index contributed by atoms with van der Waals surface area (Å²) in [4.78, 5) is 4.73. The van der Waals surface area contributed by atoms with Gasteiger partial charge in [-0.1, -0.05) is 0 Å². The molecule has 3 rings (SSSR count). The van der Waals surface area contributed by atoms with Crippen LogP contribution in [0.4, 0.5) is 0 Å². The predicted octanol–water partition coefficient (Wildman–Crippen LogP) is 0.349. The van der Waals surface area contributed by atoms with Crippen molar-refractivity contribution in [1.82, 2.24) is 19.6 Å². The first-order valence-corrected chi connectivity index (χ1v) is 8.42. The van der Waals surface area contributed by atoms with E-state index in [2.05, 4.69) is 28.0 Å². The van der Waals surface area contributed by atoms with Gasteiger partial charge >= 0.3 is 0 Å². The molecule has 2 unspecified atom stereocenters. The molecule has 2 fully saturated rings. The Labute approximate surface area is 132 Å². The van der Waals surface area contributed by atoms with Gasteiger partial charge in [-0.2, -0.15) is 5.10 Å². The summed E-state index contributed by atoms with van der Waals surface area (Å²) in [6.07, 6.45) is 6.14. The number of β-amino-alcohol motifs (C(OH)–C–C–N with tert-alkyl or cyclic N) is 1. The predicted molar refractivity (Wildman–Crippen MR) is 84.8 cm³/mol. The Hall–Kier alpha value is -0.950. The van der Waals surface area contributed by atoms with Gasteiger partial charge in [-0.15, -0.1) is 0 Å². The molecule has 3 heterocycles. The fraction of sp³-hybridized carbons (Fsp3) is 0.812. The fourth-order valence-corrected chi connectivity index (χ4v) is 3.54. The molecule has 2 atom stereocenters. The van der Waals surface area contributed by atoms with Crippen LogP contribution in [0, 0.1) is 6.92 Å². The smallest absolute Gasteiger partial charge is 0.0793 e. The quantitative estimate of drug-likeness (QED) is 0.822. The van der Waals surface area contributed by atoms with Gasteiger partial charge in [0, 0.05) is 38.4 Å². The number of hydrogen-bond acceptors (Lipinski definition) is 5. The van der Waals surface area contributed by atoms with Crippen LogP contribution in [0.25, 0.3) is 0 Å². The van der Waals surface area contributed by atoms with E-state index >= 15 is 0 Å². The Morgan fingerprint density at radius 2 is 2.14 bits per heavy atom. The second-order valence-electron chi connectivity index (χ2n) is 6.60. The number of hydrogen-bond donors (Lipinski definition) is 1. The van der Waals surface area contributed by atoms with Crippen LogP contribution in [-0.4, -0.2) is 82.8 Å². The first kappa shape index (κ1) is 15.9. The highest BCUT2D eigenvalue weighted by Gasteiger charge is 2.27. The van der Waals surface area contributed by atoms with Crippen molar-refractivity contribution in [3.63, 3.8) is 0 Å². The van der Waals surface area contributed by atoms with Crippen LogP contribution in [-0.2, 0) is 11.3 Å². The number of likely N-dealkylation sites (tertiary alicyclic amines) is 1. The third kappa shape index (κ3) is 4.29. The van der Waals surface area contributed by atoms with Gasteiger partial charge in [-0.25, -0.2) is 0 Å². The molecule has 0 aromatic carbocycles. The second kappa shape index (κ2) is 7.55. The molecule has 1 aromatic heterocycles. The lowest BCUT2D eigenvalue weighted by Crippen LogP contribution is -2.46. The van der Waals surface area contributed by atoms with Gasteiger partial charge in [0.05, 0.1) is 32.1 Å². The molecule has 6 heteroatoms. The Bertz CT molecular complexity index is 459. The molecule has 0 bridgehead atoms. The zero-order chi connectivity index (χ0) is 15.4. The normalized spacial score (nSPS) is 25.6. The molecule has 0 spiro atoms. The standard InChI is InChI=1S/C16H28N4O2/c1-14-9-17-20(10-14)11-15-3-2-4-19(15)13-16(21)12-18-5-7-22-8-6-18/h9-10,15-16,21H,2-8,11-13H2,1H3. The van der Waals surface area contributed by atoms with Crippen molar-refractivity contribution in [2.75, 3.05) is 45.9 Å². The zero-order valence-electron chi connectivity index (χ0n) is 13.5. The van der Waals surface area contributed by atoms with Crippen molar-refractivity contribution in [3.8, 4) is 0 Å². The monoisotopic (exact) mass is 308 g/mol. The van der Waals surface area contributed by atoms with E-state index in [0.29, 0.717) is 6.04 Å². The van der Waals surface area contributed by atoms with Crippen molar-refractivity contribution in [3.05, 3.63) is 18.0 Å². The maximum Gasteiger partial charge on any atom is 0.0793 e. The highest BCUT2D eigenvalue weighted by atomic mass is 16.5. The van der Waals surface area contributed by atoms with Crippen molar-refractivity contribution >= 4 is 0 Å². The molecule has 0 amide bonds. The topological polar surface area (TPSA) is 53.8 Å². The summed E-state index contributed by atoms with van der Waals surface area (Å²) in [5.74, 6) is 0. The van der Waals surface area contributed by atoms with Gasteiger partial charge in [0.2, 0.25) is 0 Å². The van der Waals surface area contributed by atoms with Crippen LogP contribution in [0.5, 0.6) is 0 Å². The lowest BCUT2D eigenvalue weighted by Gasteiger charge is -2.31. The first-order valence-electron chi connectivity index (χ1n) is 8.42. The SMILES string of the molecule is Cc1cnn(CC2CCCN2CC(O)CN2CCOCC2)c1. The third-order valence-electron chi connectivity index (χ3n) is 4.68. The molecule has 6 nitrogen and oxygen atoms in total. The highest BCUT2D eigenvalue weighted by molar-refractivity contribution is 4.99. The lowest BCUT2D eigenvalue weighted by atomic mass is 10.2. The van der Waals surface area contributed by atoms with E-state index in [1.54, 1.807) is 0 Å². The molecule has 2 saturated heterocycles. The molecule has 0 saturated carbocycles. The Morgan fingerprint density at radius 3 is 2.86 bits per heavy atom. The van der Waals surface area contributed by atoms with Crippen LogP contribution in [0.1, 0.15) is 18.4 Å². The summed E-state index contributed by atoms with van der Waals surface area (Å²) in [5, 5.41) is 14.8. The molecule has 22 heavy (non-hydrogen) atoms. The van der Waals surface area contributed by atoms with Gasteiger partial charge in [-0.05, 0) is 31.9 Å². The summed E-state index contributed by atoms with van der Waals surface area (Å²) in [6, 6.07) is 0.499. The summed E-state index contributed by atoms with van der Waals surface area (Å²) in [5.41, 5.74) is 1.21. The van der Waals surface area contributed by atoms with Crippen LogP contribution >= 0.6 is 0 Å². The van der Waals surface area contributed by atoms with Crippen LogP contribution in [0.3, 0.4) is 0 Å². The van der Waals surface area contributed by atoms with Crippen molar-refractivity contribution < 1.29 is 9.84 Å². The number of aliphatic hydroxyl groups excluding tert-OH is 1. The minimum Gasteiger partial charge on any atom is -0.390 e. The van der Waals surface area contributed by atoms with E-state index in [1.165, 1.54) is 18.4 Å². The van der Waals surface area contributed by atoms with E-state index in [9.17, 15) is 5.11 Å². The number of aliphatic hydroxyl groups is 1. The minimum atomic E-state index is -0.280. The zero-order valence-corrected chi connectivity index (χ0v) is 13.5. The second-order valence-corrected chi connectivity index (χ2v) is 6.60. The van der Waals surface area contributed by atoms with Gasteiger partial charge in [0.1, 0.15) is 0 Å². The summed E-state index contributed by atoms with van der Waals surface area (Å²) < 4.78 is 7.39. The van der Waals surface area contributed by atoms with Gasteiger partial charge in [-0.3, -0.25) is 14.5 Å². The number of aryl methyl sites for hydroxylation is 1. The number of ether oxygens (including phenoxy) is 1. The molecule has 1 N–H and O–H groups in total.